The normalized spacial score (nSPS) is 8.82. The van der Waals surface area contributed by atoms with Crippen LogP contribution in [0.2, 0.25) is 0 Å². The van der Waals surface area contributed by atoms with Crippen LogP contribution in [-0.2, 0) is 0 Å². The second kappa shape index (κ2) is 3.02. The van der Waals surface area contributed by atoms with E-state index in [9.17, 15) is 4.39 Å². The fourth-order valence-electron chi connectivity index (χ4n) is 0.811. The van der Waals surface area contributed by atoms with Gasteiger partial charge < -0.3 is 5.32 Å². The summed E-state index contributed by atoms with van der Waals surface area (Å²) in [4.78, 5) is 0. The molecule has 0 heterocycles. The molecule has 1 aromatic carbocycles. The third kappa shape index (κ3) is 1.30. The van der Waals surface area contributed by atoms with Gasteiger partial charge in [-0.15, -0.1) is 0 Å². The van der Waals surface area contributed by atoms with E-state index in [4.69, 9.17) is 5.26 Å². The number of rotatable bonds is 1. The third-order valence-electron chi connectivity index (χ3n) is 1.39. The summed E-state index contributed by atoms with van der Waals surface area (Å²) in [5.74, 6) is -0.488. The molecule has 0 radical (unpaired) electrons. The first kappa shape index (κ1) is 7.55. The van der Waals surface area contributed by atoms with E-state index in [0.717, 1.165) is 0 Å². The average molecular weight is 150 g/mol. The fourth-order valence-corrected chi connectivity index (χ4v) is 0.811. The summed E-state index contributed by atoms with van der Waals surface area (Å²) in [6.45, 7) is 0. The van der Waals surface area contributed by atoms with E-state index in [1.807, 2.05) is 0 Å². The Kier molecular flexibility index (Phi) is 2.07. The van der Waals surface area contributed by atoms with Gasteiger partial charge in [-0.05, 0) is 12.1 Å². The molecule has 0 unspecified atom stereocenters. The number of benzene rings is 1. The van der Waals surface area contributed by atoms with Gasteiger partial charge >= 0.3 is 0 Å². The minimum absolute atomic E-state index is 0.0665. The Labute approximate surface area is 64.3 Å². The predicted molar refractivity (Wildman–Crippen MR) is 40.7 cm³/mol. The van der Waals surface area contributed by atoms with Crippen molar-refractivity contribution < 1.29 is 4.39 Å². The molecule has 0 saturated carbocycles. The Bertz CT molecular complexity index is 301. The zero-order chi connectivity index (χ0) is 8.27. The van der Waals surface area contributed by atoms with Crippen molar-refractivity contribution in [1.29, 1.82) is 5.26 Å². The number of nitrogens with zero attached hydrogens (tertiary/aromatic N) is 1. The zero-order valence-corrected chi connectivity index (χ0v) is 6.06. The molecule has 11 heavy (non-hydrogen) atoms. The van der Waals surface area contributed by atoms with Gasteiger partial charge in [0.15, 0.2) is 5.82 Å². The molecule has 0 atom stereocenters. The van der Waals surface area contributed by atoms with Crippen LogP contribution in [0.3, 0.4) is 0 Å². The standard InChI is InChI=1S/C8H7FN2/c1-11-7-4-2-3-6(5-10)8(7)9/h2-4,11H,1H3. The highest BCUT2D eigenvalue weighted by atomic mass is 19.1. The summed E-state index contributed by atoms with van der Waals surface area (Å²) in [6.07, 6.45) is 0. The Morgan fingerprint density at radius 3 is 2.82 bits per heavy atom. The second-order valence-corrected chi connectivity index (χ2v) is 2.03. The summed E-state index contributed by atoms with van der Waals surface area (Å²) >= 11 is 0. The van der Waals surface area contributed by atoms with Gasteiger partial charge in [0, 0.05) is 7.05 Å². The highest BCUT2D eigenvalue weighted by Gasteiger charge is 2.04. The van der Waals surface area contributed by atoms with Gasteiger partial charge in [-0.2, -0.15) is 5.26 Å². The summed E-state index contributed by atoms with van der Waals surface area (Å²) in [7, 11) is 1.61. The van der Waals surface area contributed by atoms with Crippen molar-refractivity contribution in [2.45, 2.75) is 0 Å². The van der Waals surface area contributed by atoms with Gasteiger partial charge in [-0.1, -0.05) is 6.07 Å². The molecular formula is C8H7FN2. The van der Waals surface area contributed by atoms with Gasteiger partial charge in [0.2, 0.25) is 0 Å². The molecular weight excluding hydrogens is 143 g/mol. The smallest absolute Gasteiger partial charge is 0.163 e. The van der Waals surface area contributed by atoms with E-state index in [0.29, 0.717) is 5.69 Å². The monoisotopic (exact) mass is 150 g/mol. The van der Waals surface area contributed by atoms with E-state index < -0.39 is 5.82 Å². The van der Waals surface area contributed by atoms with Crippen molar-refractivity contribution in [2.24, 2.45) is 0 Å². The van der Waals surface area contributed by atoms with Crippen LogP contribution in [0, 0.1) is 17.1 Å². The molecule has 0 bridgehead atoms. The maximum atomic E-state index is 13.0. The predicted octanol–water partition coefficient (Wildman–Crippen LogP) is 1.74. The minimum atomic E-state index is -0.488. The fraction of sp³-hybridized carbons (Fsp3) is 0.125. The largest absolute Gasteiger partial charge is 0.386 e. The highest BCUT2D eigenvalue weighted by Crippen LogP contribution is 2.15. The van der Waals surface area contributed by atoms with E-state index in [2.05, 4.69) is 5.32 Å². The molecule has 3 heteroatoms. The number of nitrogens with one attached hydrogen (secondary N) is 1. The first-order valence-electron chi connectivity index (χ1n) is 3.16. The van der Waals surface area contributed by atoms with Crippen LogP contribution in [0.25, 0.3) is 0 Å². The van der Waals surface area contributed by atoms with Crippen molar-refractivity contribution >= 4 is 5.69 Å². The van der Waals surface area contributed by atoms with Crippen molar-refractivity contribution in [1.82, 2.24) is 0 Å². The second-order valence-electron chi connectivity index (χ2n) is 2.03. The van der Waals surface area contributed by atoms with Gasteiger partial charge in [0.1, 0.15) is 6.07 Å². The molecule has 0 aliphatic carbocycles. The van der Waals surface area contributed by atoms with Gasteiger partial charge in [0.05, 0.1) is 11.3 Å². The van der Waals surface area contributed by atoms with Crippen LogP contribution >= 0.6 is 0 Å². The summed E-state index contributed by atoms with van der Waals surface area (Å²) < 4.78 is 13.0. The molecule has 0 aliphatic heterocycles. The van der Waals surface area contributed by atoms with Crippen LogP contribution in [0.1, 0.15) is 5.56 Å². The molecule has 0 aliphatic rings. The maximum absolute atomic E-state index is 13.0. The molecule has 1 rings (SSSR count). The zero-order valence-electron chi connectivity index (χ0n) is 6.06. The van der Waals surface area contributed by atoms with Crippen LogP contribution in [-0.4, -0.2) is 7.05 Å². The lowest BCUT2D eigenvalue weighted by Gasteiger charge is -2.00. The van der Waals surface area contributed by atoms with Gasteiger partial charge in [0.25, 0.3) is 0 Å². The first-order valence-corrected chi connectivity index (χ1v) is 3.16. The van der Waals surface area contributed by atoms with Gasteiger partial charge in [-0.3, -0.25) is 0 Å². The molecule has 2 nitrogen and oxygen atoms in total. The Balaban J connectivity index is 3.23. The number of anilines is 1. The Hall–Kier alpha value is -1.56. The molecule has 0 amide bonds. The number of nitriles is 1. The number of halogens is 1. The molecule has 0 spiro atoms. The Morgan fingerprint density at radius 1 is 1.55 bits per heavy atom. The van der Waals surface area contributed by atoms with Crippen molar-refractivity contribution in [2.75, 3.05) is 12.4 Å². The van der Waals surface area contributed by atoms with Crippen LogP contribution in [0.5, 0.6) is 0 Å². The third-order valence-corrected chi connectivity index (χ3v) is 1.39. The lowest BCUT2D eigenvalue weighted by atomic mass is 10.2. The Morgan fingerprint density at radius 2 is 2.27 bits per heavy atom. The molecule has 0 aromatic heterocycles. The molecule has 1 aromatic rings. The van der Waals surface area contributed by atoms with Crippen molar-refractivity contribution in [3.63, 3.8) is 0 Å². The molecule has 1 N–H and O–H groups in total. The van der Waals surface area contributed by atoms with E-state index in [1.54, 1.807) is 25.2 Å². The maximum Gasteiger partial charge on any atom is 0.163 e. The number of hydrogen-bond donors (Lipinski definition) is 1. The molecule has 56 valence electrons. The topological polar surface area (TPSA) is 35.8 Å². The molecule has 0 saturated heterocycles. The lowest BCUT2D eigenvalue weighted by molar-refractivity contribution is 0.627. The van der Waals surface area contributed by atoms with Crippen LogP contribution in [0.4, 0.5) is 10.1 Å². The SMILES string of the molecule is CNc1cccc(C#N)c1F. The van der Waals surface area contributed by atoms with Crippen molar-refractivity contribution in [3.8, 4) is 6.07 Å². The van der Waals surface area contributed by atoms with E-state index in [1.165, 1.54) is 6.07 Å². The summed E-state index contributed by atoms with van der Waals surface area (Å²) in [5.41, 5.74) is 0.418. The van der Waals surface area contributed by atoms with E-state index in [-0.39, 0.29) is 5.56 Å². The van der Waals surface area contributed by atoms with Gasteiger partial charge in [-0.25, -0.2) is 4.39 Å². The summed E-state index contributed by atoms with van der Waals surface area (Å²) in [6, 6.07) is 6.41. The lowest BCUT2D eigenvalue weighted by Crippen LogP contribution is -1.94. The summed E-state index contributed by atoms with van der Waals surface area (Å²) in [5, 5.41) is 11.1. The van der Waals surface area contributed by atoms with Crippen LogP contribution in [0.15, 0.2) is 18.2 Å². The number of hydrogen-bond acceptors (Lipinski definition) is 2. The molecule has 0 fully saturated rings. The minimum Gasteiger partial charge on any atom is -0.386 e. The quantitative estimate of drug-likeness (QED) is 0.661. The first-order chi connectivity index (χ1) is 5.29. The highest BCUT2D eigenvalue weighted by molar-refractivity contribution is 5.50. The van der Waals surface area contributed by atoms with Crippen LogP contribution < -0.4 is 5.32 Å². The van der Waals surface area contributed by atoms with Crippen molar-refractivity contribution in [3.05, 3.63) is 29.6 Å². The average Bonchev–Trinajstić information content (AvgIpc) is 2.05. The van der Waals surface area contributed by atoms with E-state index >= 15 is 0 Å².